The molecule has 1 aliphatic rings. The summed E-state index contributed by atoms with van der Waals surface area (Å²) < 4.78 is 39.0. The minimum atomic E-state index is -3.69. The van der Waals surface area contributed by atoms with Crippen molar-refractivity contribution in [2.75, 3.05) is 27.3 Å². The summed E-state index contributed by atoms with van der Waals surface area (Å²) in [5.74, 6) is 1.53. The maximum atomic E-state index is 13.3. The molecule has 2 aromatic carbocycles. The molecule has 0 radical (unpaired) electrons. The molecule has 0 saturated carbocycles. The first kappa shape index (κ1) is 27.0. The third kappa shape index (κ3) is 5.81. The second-order valence-corrected chi connectivity index (χ2v) is 11.7. The Morgan fingerprint density at radius 1 is 1.00 bits per heavy atom. The van der Waals surface area contributed by atoms with E-state index in [-0.39, 0.29) is 28.3 Å². The number of nitrogens with zero attached hydrogens (tertiary/aromatic N) is 1. The van der Waals surface area contributed by atoms with E-state index in [2.05, 4.69) is 32.2 Å². The van der Waals surface area contributed by atoms with Crippen molar-refractivity contribution < 1.29 is 22.7 Å². The van der Waals surface area contributed by atoms with Crippen molar-refractivity contribution in [3.05, 3.63) is 52.6 Å². The molecule has 1 aliphatic heterocycles. The molecule has 0 aliphatic carbocycles. The second kappa shape index (κ2) is 11.0. The van der Waals surface area contributed by atoms with Crippen molar-refractivity contribution in [3.8, 4) is 11.5 Å². The molecular formula is C27H38N2O5S. The van der Waals surface area contributed by atoms with Gasteiger partial charge < -0.3 is 14.8 Å². The van der Waals surface area contributed by atoms with Gasteiger partial charge in [-0.1, -0.05) is 20.8 Å². The number of piperidine rings is 1. The highest BCUT2D eigenvalue weighted by atomic mass is 32.2. The summed E-state index contributed by atoms with van der Waals surface area (Å²) in [5, 5.41) is 3.03. The second-order valence-electron chi connectivity index (χ2n) is 9.75. The number of hydrogen-bond acceptors (Lipinski definition) is 5. The van der Waals surface area contributed by atoms with Crippen LogP contribution in [0.5, 0.6) is 11.5 Å². The van der Waals surface area contributed by atoms with E-state index in [1.165, 1.54) is 23.5 Å². The van der Waals surface area contributed by atoms with Gasteiger partial charge in [0.05, 0.1) is 30.7 Å². The number of benzene rings is 2. The van der Waals surface area contributed by atoms with Crippen molar-refractivity contribution in [2.45, 2.75) is 64.3 Å². The summed E-state index contributed by atoms with van der Waals surface area (Å²) >= 11 is 0. The quantitative estimate of drug-likeness (QED) is 0.546. The van der Waals surface area contributed by atoms with E-state index >= 15 is 0 Å². The van der Waals surface area contributed by atoms with Crippen molar-refractivity contribution in [2.24, 2.45) is 5.92 Å². The normalized spacial score (nSPS) is 16.2. The Morgan fingerprint density at radius 3 is 2.20 bits per heavy atom. The fourth-order valence-corrected chi connectivity index (χ4v) is 6.06. The van der Waals surface area contributed by atoms with Crippen molar-refractivity contribution in [1.29, 1.82) is 0 Å². The third-order valence-corrected chi connectivity index (χ3v) is 8.75. The van der Waals surface area contributed by atoms with Gasteiger partial charge in [-0.3, -0.25) is 4.79 Å². The Hall–Kier alpha value is -2.58. The molecule has 0 spiro atoms. The molecule has 192 valence electrons. The van der Waals surface area contributed by atoms with Crippen LogP contribution in [-0.2, 0) is 10.0 Å². The number of sulfonamides is 1. The van der Waals surface area contributed by atoms with E-state index in [9.17, 15) is 13.2 Å². The molecule has 1 saturated heterocycles. The van der Waals surface area contributed by atoms with Crippen LogP contribution in [0.3, 0.4) is 0 Å². The highest BCUT2D eigenvalue weighted by Gasteiger charge is 2.29. The number of amides is 1. The fraction of sp³-hybridized carbons (Fsp3) is 0.519. The number of methoxy groups -OCH3 is 2. The van der Waals surface area contributed by atoms with Crippen molar-refractivity contribution in [3.63, 3.8) is 0 Å². The molecule has 1 fully saturated rings. The van der Waals surface area contributed by atoms with E-state index in [1.54, 1.807) is 13.2 Å². The molecule has 3 rings (SSSR count). The van der Waals surface area contributed by atoms with Crippen LogP contribution in [-0.4, -0.2) is 45.9 Å². The van der Waals surface area contributed by atoms with Crippen molar-refractivity contribution >= 4 is 15.9 Å². The monoisotopic (exact) mass is 502 g/mol. The van der Waals surface area contributed by atoms with Gasteiger partial charge in [0.25, 0.3) is 5.91 Å². The number of ether oxygens (including phenoxy) is 2. The van der Waals surface area contributed by atoms with Gasteiger partial charge >= 0.3 is 0 Å². The summed E-state index contributed by atoms with van der Waals surface area (Å²) in [7, 11) is -0.566. The average molecular weight is 503 g/mol. The maximum absolute atomic E-state index is 13.3. The summed E-state index contributed by atoms with van der Waals surface area (Å²) in [4.78, 5) is 13.4. The Kier molecular flexibility index (Phi) is 8.49. The fourth-order valence-electron chi connectivity index (χ4n) is 4.56. The molecule has 8 heteroatoms. The Bertz CT molecular complexity index is 1170. The first-order valence-corrected chi connectivity index (χ1v) is 13.6. The maximum Gasteiger partial charge on any atom is 0.255 e. The Morgan fingerprint density at radius 2 is 1.63 bits per heavy atom. The lowest BCUT2D eigenvalue weighted by Gasteiger charge is -2.29. The zero-order valence-corrected chi connectivity index (χ0v) is 22.7. The lowest BCUT2D eigenvalue weighted by molar-refractivity contribution is 0.0936. The predicted octanol–water partition coefficient (Wildman–Crippen LogP) is 5.05. The van der Waals surface area contributed by atoms with Crippen LogP contribution < -0.4 is 14.8 Å². The summed E-state index contributed by atoms with van der Waals surface area (Å²) in [6.45, 7) is 11.2. The minimum absolute atomic E-state index is 0.105. The van der Waals surface area contributed by atoms with Gasteiger partial charge in [-0.15, -0.1) is 0 Å². The van der Waals surface area contributed by atoms with Gasteiger partial charge in [-0.2, -0.15) is 4.31 Å². The van der Waals surface area contributed by atoms with Gasteiger partial charge in [0, 0.05) is 13.1 Å². The highest BCUT2D eigenvalue weighted by Crippen LogP contribution is 2.33. The van der Waals surface area contributed by atoms with Crippen LogP contribution in [0.4, 0.5) is 0 Å². The Labute approximate surface area is 209 Å². The molecule has 0 unspecified atom stereocenters. The van der Waals surface area contributed by atoms with E-state index in [0.29, 0.717) is 24.8 Å². The number of rotatable bonds is 8. The SMILES string of the molecule is COc1ccc(S(=O)(=O)N2CCC(C)CC2)cc1C(=O)N[C@H](C)c1cc(C(C)C)c(OC)cc1C. The summed E-state index contributed by atoms with van der Waals surface area (Å²) in [5.41, 5.74) is 3.24. The van der Waals surface area contributed by atoms with Crippen LogP contribution in [0.15, 0.2) is 35.2 Å². The van der Waals surface area contributed by atoms with Crippen LogP contribution in [0.2, 0.25) is 0 Å². The number of aryl methyl sites for hydroxylation is 1. The van der Waals surface area contributed by atoms with Gasteiger partial charge in [-0.05, 0) is 85.5 Å². The molecule has 2 aromatic rings. The topological polar surface area (TPSA) is 84.9 Å². The standard InChI is InChI=1S/C27H38N2O5S/c1-17(2)22-16-23(19(4)14-26(22)34-7)20(5)28-27(30)24-15-21(8-9-25(24)33-6)35(31,32)29-12-10-18(3)11-13-29/h8-9,14-18,20H,10-13H2,1-7H3,(H,28,30)/t20-/m1/s1. The highest BCUT2D eigenvalue weighted by molar-refractivity contribution is 7.89. The van der Waals surface area contributed by atoms with Gasteiger partial charge in [0.15, 0.2) is 0 Å². The first-order chi connectivity index (χ1) is 16.5. The van der Waals surface area contributed by atoms with Gasteiger partial charge in [0.2, 0.25) is 10.0 Å². The van der Waals surface area contributed by atoms with Crippen LogP contribution in [0.25, 0.3) is 0 Å². The minimum Gasteiger partial charge on any atom is -0.496 e. The summed E-state index contributed by atoms with van der Waals surface area (Å²) in [6, 6.07) is 8.23. The smallest absolute Gasteiger partial charge is 0.255 e. The third-order valence-electron chi connectivity index (χ3n) is 6.85. The number of nitrogens with one attached hydrogen (secondary N) is 1. The zero-order valence-electron chi connectivity index (χ0n) is 21.8. The van der Waals surface area contributed by atoms with E-state index < -0.39 is 10.0 Å². The molecule has 35 heavy (non-hydrogen) atoms. The van der Waals surface area contributed by atoms with Crippen molar-refractivity contribution in [1.82, 2.24) is 9.62 Å². The van der Waals surface area contributed by atoms with Gasteiger partial charge in [0.1, 0.15) is 11.5 Å². The molecule has 1 amide bonds. The molecule has 1 atom stereocenters. The van der Waals surface area contributed by atoms with Crippen LogP contribution >= 0.6 is 0 Å². The molecule has 1 N–H and O–H groups in total. The lowest BCUT2D eigenvalue weighted by atomic mass is 9.93. The Balaban J connectivity index is 1.90. The zero-order chi connectivity index (χ0) is 25.9. The van der Waals surface area contributed by atoms with E-state index in [0.717, 1.165) is 35.3 Å². The molecule has 7 nitrogen and oxygen atoms in total. The number of hydrogen-bond donors (Lipinski definition) is 1. The van der Waals surface area contributed by atoms with Crippen LogP contribution in [0, 0.1) is 12.8 Å². The number of carbonyl (C=O) groups is 1. The lowest BCUT2D eigenvalue weighted by Crippen LogP contribution is -2.38. The summed E-state index contributed by atoms with van der Waals surface area (Å²) in [6.07, 6.45) is 1.67. The first-order valence-electron chi connectivity index (χ1n) is 12.2. The molecule has 0 bridgehead atoms. The molecular weight excluding hydrogens is 464 g/mol. The van der Waals surface area contributed by atoms with E-state index in [4.69, 9.17) is 9.47 Å². The predicted molar refractivity (Wildman–Crippen MR) is 138 cm³/mol. The molecule has 0 aromatic heterocycles. The van der Waals surface area contributed by atoms with Crippen LogP contribution in [0.1, 0.15) is 79.5 Å². The average Bonchev–Trinajstić information content (AvgIpc) is 2.83. The van der Waals surface area contributed by atoms with Gasteiger partial charge in [-0.25, -0.2) is 8.42 Å². The largest absolute Gasteiger partial charge is 0.496 e. The van der Waals surface area contributed by atoms with E-state index in [1.807, 2.05) is 19.9 Å². The number of carbonyl (C=O) groups excluding carboxylic acids is 1. The molecule has 1 heterocycles.